The predicted octanol–water partition coefficient (Wildman–Crippen LogP) is 2.79. The number of hydrogen-bond acceptors (Lipinski definition) is 5. The third kappa shape index (κ3) is 6.45. The SMILES string of the molecule is COc1ccc(S(=O)(=O)N(CCc2ccccc2)CC(=O)NC2CCN(C)CC2)cc1Cl. The zero-order valence-electron chi connectivity index (χ0n) is 18.5. The molecule has 0 radical (unpaired) electrons. The number of likely N-dealkylation sites (tertiary alicyclic amines) is 1. The second-order valence-electron chi connectivity index (χ2n) is 8.02. The molecular weight excluding hydrogens is 450 g/mol. The first kappa shape index (κ1) is 24.5. The van der Waals surface area contributed by atoms with Crippen LogP contribution in [0.1, 0.15) is 18.4 Å². The van der Waals surface area contributed by atoms with Crippen LogP contribution in [0, 0.1) is 0 Å². The number of piperidine rings is 1. The number of carbonyl (C=O) groups is 1. The lowest BCUT2D eigenvalue weighted by atomic mass is 10.1. The van der Waals surface area contributed by atoms with Gasteiger partial charge in [0, 0.05) is 12.6 Å². The van der Waals surface area contributed by atoms with E-state index in [1.165, 1.54) is 29.6 Å². The fourth-order valence-electron chi connectivity index (χ4n) is 3.73. The summed E-state index contributed by atoms with van der Waals surface area (Å²) in [6.07, 6.45) is 2.20. The van der Waals surface area contributed by atoms with Crippen LogP contribution in [0.4, 0.5) is 0 Å². The van der Waals surface area contributed by atoms with Crippen LogP contribution < -0.4 is 10.1 Å². The van der Waals surface area contributed by atoms with Crippen LogP contribution in [0.15, 0.2) is 53.4 Å². The highest BCUT2D eigenvalue weighted by molar-refractivity contribution is 7.89. The summed E-state index contributed by atoms with van der Waals surface area (Å²) in [6, 6.07) is 14.0. The highest BCUT2D eigenvalue weighted by atomic mass is 35.5. The Morgan fingerprint density at radius 2 is 1.88 bits per heavy atom. The van der Waals surface area contributed by atoms with Crippen molar-refractivity contribution >= 4 is 27.5 Å². The summed E-state index contributed by atoms with van der Waals surface area (Å²) in [6.45, 7) is 1.75. The monoisotopic (exact) mass is 479 g/mol. The minimum absolute atomic E-state index is 0.0310. The predicted molar refractivity (Wildman–Crippen MR) is 126 cm³/mol. The number of rotatable bonds is 9. The molecule has 1 heterocycles. The lowest BCUT2D eigenvalue weighted by Crippen LogP contribution is -2.48. The van der Waals surface area contributed by atoms with Gasteiger partial charge in [-0.1, -0.05) is 41.9 Å². The van der Waals surface area contributed by atoms with Gasteiger partial charge in [0.1, 0.15) is 5.75 Å². The number of amides is 1. The minimum atomic E-state index is -3.94. The van der Waals surface area contributed by atoms with Crippen LogP contribution in [0.5, 0.6) is 5.75 Å². The number of carbonyl (C=O) groups excluding carboxylic acids is 1. The largest absolute Gasteiger partial charge is 0.495 e. The summed E-state index contributed by atoms with van der Waals surface area (Å²) in [7, 11) is -0.420. The Labute approximate surface area is 195 Å². The lowest BCUT2D eigenvalue weighted by Gasteiger charge is -2.30. The van der Waals surface area contributed by atoms with E-state index >= 15 is 0 Å². The fraction of sp³-hybridized carbons (Fsp3) is 0.435. The minimum Gasteiger partial charge on any atom is -0.495 e. The standard InChI is InChI=1S/C23H30ClN3O4S/c1-26-13-11-19(12-14-26)25-23(28)17-27(15-10-18-6-4-3-5-7-18)32(29,30)20-8-9-22(31-2)21(24)16-20/h3-9,16,19H,10-15,17H2,1-2H3,(H,25,28). The molecular formula is C23H30ClN3O4S. The molecule has 0 saturated carbocycles. The summed E-state index contributed by atoms with van der Waals surface area (Å²) >= 11 is 6.17. The van der Waals surface area contributed by atoms with Gasteiger partial charge in [-0.2, -0.15) is 4.31 Å². The van der Waals surface area contributed by atoms with E-state index in [-0.39, 0.29) is 35.0 Å². The molecule has 0 bridgehead atoms. The molecule has 3 rings (SSSR count). The van der Waals surface area contributed by atoms with Gasteiger partial charge < -0.3 is 15.0 Å². The van der Waals surface area contributed by atoms with E-state index in [1.807, 2.05) is 30.3 Å². The highest BCUT2D eigenvalue weighted by Crippen LogP contribution is 2.28. The average Bonchev–Trinajstić information content (AvgIpc) is 2.78. The van der Waals surface area contributed by atoms with Crippen molar-refractivity contribution in [1.82, 2.24) is 14.5 Å². The Morgan fingerprint density at radius 3 is 2.50 bits per heavy atom. The number of halogens is 1. The van der Waals surface area contributed by atoms with Crippen molar-refractivity contribution in [2.24, 2.45) is 0 Å². The van der Waals surface area contributed by atoms with Gasteiger partial charge in [0.05, 0.1) is 23.6 Å². The van der Waals surface area contributed by atoms with Crippen molar-refractivity contribution in [3.05, 3.63) is 59.1 Å². The Morgan fingerprint density at radius 1 is 1.19 bits per heavy atom. The molecule has 1 fully saturated rings. The third-order valence-electron chi connectivity index (χ3n) is 5.66. The number of methoxy groups -OCH3 is 1. The number of nitrogens with zero attached hydrogens (tertiary/aromatic N) is 2. The zero-order valence-corrected chi connectivity index (χ0v) is 20.0. The van der Waals surface area contributed by atoms with Crippen molar-refractivity contribution in [3.8, 4) is 5.75 Å². The van der Waals surface area contributed by atoms with E-state index in [0.717, 1.165) is 31.5 Å². The van der Waals surface area contributed by atoms with E-state index in [2.05, 4.69) is 17.3 Å². The summed E-state index contributed by atoms with van der Waals surface area (Å²) in [5, 5.41) is 3.20. The van der Waals surface area contributed by atoms with Gasteiger partial charge >= 0.3 is 0 Å². The molecule has 32 heavy (non-hydrogen) atoms. The zero-order chi connectivity index (χ0) is 23.1. The van der Waals surface area contributed by atoms with Crippen molar-refractivity contribution in [1.29, 1.82) is 0 Å². The number of benzene rings is 2. The van der Waals surface area contributed by atoms with Gasteiger partial charge in [0.15, 0.2) is 0 Å². The van der Waals surface area contributed by atoms with Crippen LogP contribution in [-0.4, -0.2) is 69.9 Å². The molecule has 1 N–H and O–H groups in total. The van der Waals surface area contributed by atoms with Gasteiger partial charge in [0.25, 0.3) is 0 Å². The Hall–Kier alpha value is -2.13. The quantitative estimate of drug-likeness (QED) is 0.598. The van der Waals surface area contributed by atoms with Crippen LogP contribution in [-0.2, 0) is 21.2 Å². The number of sulfonamides is 1. The molecule has 174 valence electrons. The molecule has 1 amide bonds. The molecule has 9 heteroatoms. The molecule has 1 saturated heterocycles. The van der Waals surface area contributed by atoms with Gasteiger partial charge in [-0.05, 0) is 63.2 Å². The van der Waals surface area contributed by atoms with Crippen LogP contribution in [0.2, 0.25) is 5.02 Å². The highest BCUT2D eigenvalue weighted by Gasteiger charge is 2.28. The second kappa shape index (κ2) is 11.1. The Balaban J connectivity index is 1.77. The van der Waals surface area contributed by atoms with Gasteiger partial charge in [0.2, 0.25) is 15.9 Å². The van der Waals surface area contributed by atoms with E-state index in [0.29, 0.717) is 12.2 Å². The molecule has 7 nitrogen and oxygen atoms in total. The Kier molecular flexibility index (Phi) is 8.53. The molecule has 1 aliphatic rings. The van der Waals surface area contributed by atoms with Crippen LogP contribution in [0.25, 0.3) is 0 Å². The summed E-state index contributed by atoms with van der Waals surface area (Å²) < 4.78 is 33.2. The lowest BCUT2D eigenvalue weighted by molar-refractivity contribution is -0.122. The molecule has 0 aliphatic carbocycles. The van der Waals surface area contributed by atoms with Crippen LogP contribution >= 0.6 is 11.6 Å². The molecule has 0 unspecified atom stereocenters. The average molecular weight is 480 g/mol. The maximum absolute atomic E-state index is 13.4. The molecule has 0 spiro atoms. The topological polar surface area (TPSA) is 79.0 Å². The molecule has 1 aliphatic heterocycles. The van der Waals surface area contributed by atoms with Crippen molar-refractivity contribution < 1.29 is 17.9 Å². The number of hydrogen-bond donors (Lipinski definition) is 1. The number of ether oxygens (including phenoxy) is 1. The summed E-state index contributed by atoms with van der Waals surface area (Å²) in [4.78, 5) is 15.0. The molecule has 2 aromatic rings. The van der Waals surface area contributed by atoms with E-state index in [4.69, 9.17) is 16.3 Å². The third-order valence-corrected chi connectivity index (χ3v) is 7.79. The first-order valence-corrected chi connectivity index (χ1v) is 12.5. The first-order valence-electron chi connectivity index (χ1n) is 10.6. The van der Waals surface area contributed by atoms with Crippen molar-refractivity contribution in [3.63, 3.8) is 0 Å². The van der Waals surface area contributed by atoms with Gasteiger partial charge in [-0.15, -0.1) is 0 Å². The van der Waals surface area contributed by atoms with Crippen molar-refractivity contribution in [2.45, 2.75) is 30.2 Å². The second-order valence-corrected chi connectivity index (χ2v) is 10.4. The van der Waals surface area contributed by atoms with Gasteiger partial charge in [-0.3, -0.25) is 4.79 Å². The normalized spacial score (nSPS) is 15.6. The van der Waals surface area contributed by atoms with E-state index < -0.39 is 10.0 Å². The number of nitrogens with one attached hydrogen (secondary N) is 1. The smallest absolute Gasteiger partial charge is 0.243 e. The summed E-state index contributed by atoms with van der Waals surface area (Å²) in [5.74, 6) is 0.0947. The maximum Gasteiger partial charge on any atom is 0.243 e. The Bertz CT molecular complexity index is 1010. The van der Waals surface area contributed by atoms with Crippen LogP contribution in [0.3, 0.4) is 0 Å². The first-order chi connectivity index (χ1) is 15.3. The summed E-state index contributed by atoms with van der Waals surface area (Å²) in [5.41, 5.74) is 0.996. The van der Waals surface area contributed by atoms with Crippen molar-refractivity contribution in [2.75, 3.05) is 40.3 Å². The van der Waals surface area contributed by atoms with E-state index in [9.17, 15) is 13.2 Å². The van der Waals surface area contributed by atoms with E-state index in [1.54, 1.807) is 0 Å². The van der Waals surface area contributed by atoms with Gasteiger partial charge in [-0.25, -0.2) is 8.42 Å². The molecule has 0 atom stereocenters. The molecule has 2 aromatic carbocycles. The fourth-order valence-corrected chi connectivity index (χ4v) is 5.47. The molecule has 0 aromatic heterocycles. The maximum atomic E-state index is 13.4.